The summed E-state index contributed by atoms with van der Waals surface area (Å²) in [7, 11) is 0. The van der Waals surface area contributed by atoms with Crippen LogP contribution in [0.15, 0.2) is 42.5 Å². The number of fused-ring (bicyclic) bond motifs is 1. The number of ketones is 1. The molecule has 4 nitrogen and oxygen atoms in total. The maximum Gasteiger partial charge on any atom is 0.299 e. The number of benzene rings is 2. The molecule has 0 saturated carbocycles. The molecule has 0 aliphatic carbocycles. The molecule has 1 amide bonds. The quantitative estimate of drug-likeness (QED) is 0.864. The first-order valence-corrected chi connectivity index (χ1v) is 6.38. The van der Waals surface area contributed by atoms with E-state index >= 15 is 0 Å². The number of carbonyl (C=O) groups is 2. The van der Waals surface area contributed by atoms with Gasteiger partial charge in [-0.1, -0.05) is 23.7 Å². The average Bonchev–Trinajstić information content (AvgIpc) is 2.64. The van der Waals surface area contributed by atoms with Crippen LogP contribution >= 0.6 is 11.6 Å². The Kier molecular flexibility index (Phi) is 2.95. The number of Topliss-reactive ketones (excluding diaryl/α,β-unsaturated/α-hetero) is 1. The molecular weight excluding hydrogens is 278 g/mol. The molecule has 2 aromatic rings. The standard InChI is InChI=1S/C15H10ClNO3/c16-10-4-5-12-13(7-10)17(15(20)14(12)19)8-9-2-1-3-11(18)6-9/h1-7,18H,8H2. The van der Waals surface area contributed by atoms with Crippen molar-refractivity contribution in [2.45, 2.75) is 6.54 Å². The number of nitrogens with zero attached hydrogens (tertiary/aromatic N) is 1. The Morgan fingerprint density at radius 1 is 1.10 bits per heavy atom. The highest BCUT2D eigenvalue weighted by Gasteiger charge is 2.35. The van der Waals surface area contributed by atoms with Crippen LogP contribution in [0.5, 0.6) is 5.75 Å². The molecule has 0 fully saturated rings. The molecule has 20 heavy (non-hydrogen) atoms. The summed E-state index contributed by atoms with van der Waals surface area (Å²) in [6, 6.07) is 11.3. The lowest BCUT2D eigenvalue weighted by atomic mass is 10.1. The van der Waals surface area contributed by atoms with Gasteiger partial charge in [-0.15, -0.1) is 0 Å². The largest absolute Gasteiger partial charge is 0.508 e. The molecule has 0 radical (unpaired) electrons. The summed E-state index contributed by atoms with van der Waals surface area (Å²) in [6.45, 7) is 0.215. The van der Waals surface area contributed by atoms with E-state index in [4.69, 9.17) is 11.6 Å². The van der Waals surface area contributed by atoms with Crippen LogP contribution in [0.1, 0.15) is 15.9 Å². The molecule has 100 valence electrons. The van der Waals surface area contributed by atoms with E-state index in [0.29, 0.717) is 16.3 Å². The summed E-state index contributed by atoms with van der Waals surface area (Å²) in [5, 5.41) is 9.92. The van der Waals surface area contributed by atoms with Crippen LogP contribution in [0.25, 0.3) is 0 Å². The molecule has 1 N–H and O–H groups in total. The molecular formula is C15H10ClNO3. The van der Waals surface area contributed by atoms with Crippen molar-refractivity contribution in [1.82, 2.24) is 0 Å². The molecule has 0 atom stereocenters. The van der Waals surface area contributed by atoms with Gasteiger partial charge in [0.2, 0.25) is 0 Å². The lowest BCUT2D eigenvalue weighted by Crippen LogP contribution is -2.29. The summed E-state index contributed by atoms with van der Waals surface area (Å²) >= 11 is 5.92. The van der Waals surface area contributed by atoms with Crippen LogP contribution in [0.3, 0.4) is 0 Å². The van der Waals surface area contributed by atoms with E-state index in [1.165, 1.54) is 4.90 Å². The van der Waals surface area contributed by atoms with E-state index in [9.17, 15) is 14.7 Å². The molecule has 0 bridgehead atoms. The summed E-state index contributed by atoms with van der Waals surface area (Å²) in [5.74, 6) is -0.991. The van der Waals surface area contributed by atoms with Gasteiger partial charge in [0.15, 0.2) is 0 Å². The molecule has 1 aliphatic rings. The Balaban J connectivity index is 2.01. The van der Waals surface area contributed by atoms with Gasteiger partial charge in [-0.3, -0.25) is 9.59 Å². The van der Waals surface area contributed by atoms with Gasteiger partial charge in [-0.2, -0.15) is 0 Å². The number of phenols is 1. The molecule has 1 heterocycles. The highest BCUT2D eigenvalue weighted by Crippen LogP contribution is 2.32. The third-order valence-electron chi connectivity index (χ3n) is 3.19. The summed E-state index contributed by atoms with van der Waals surface area (Å²) in [4.78, 5) is 25.3. The smallest absolute Gasteiger partial charge is 0.299 e. The number of halogens is 1. The van der Waals surface area contributed by atoms with Crippen molar-refractivity contribution >= 4 is 29.0 Å². The highest BCUT2D eigenvalue weighted by atomic mass is 35.5. The zero-order chi connectivity index (χ0) is 14.3. The van der Waals surface area contributed by atoms with Gasteiger partial charge in [-0.25, -0.2) is 0 Å². The number of hydrogen-bond acceptors (Lipinski definition) is 3. The number of aromatic hydroxyl groups is 1. The Morgan fingerprint density at radius 3 is 2.65 bits per heavy atom. The van der Waals surface area contributed by atoms with Gasteiger partial charge >= 0.3 is 0 Å². The van der Waals surface area contributed by atoms with Crippen LogP contribution in [-0.4, -0.2) is 16.8 Å². The zero-order valence-corrected chi connectivity index (χ0v) is 11.1. The van der Waals surface area contributed by atoms with Gasteiger partial charge < -0.3 is 10.0 Å². The highest BCUT2D eigenvalue weighted by molar-refractivity contribution is 6.52. The fourth-order valence-corrected chi connectivity index (χ4v) is 2.43. The van der Waals surface area contributed by atoms with Gasteiger partial charge in [0.25, 0.3) is 11.7 Å². The van der Waals surface area contributed by atoms with Crippen LogP contribution < -0.4 is 4.90 Å². The van der Waals surface area contributed by atoms with Crippen molar-refractivity contribution < 1.29 is 14.7 Å². The van der Waals surface area contributed by atoms with E-state index in [1.807, 2.05) is 0 Å². The summed E-state index contributed by atoms with van der Waals surface area (Å²) < 4.78 is 0. The van der Waals surface area contributed by atoms with Crippen LogP contribution in [0.4, 0.5) is 5.69 Å². The van der Waals surface area contributed by atoms with Crippen molar-refractivity contribution in [3.05, 3.63) is 58.6 Å². The Labute approximate surface area is 120 Å². The number of carbonyl (C=O) groups excluding carboxylic acids is 2. The molecule has 3 rings (SSSR count). The molecule has 0 aromatic heterocycles. The van der Waals surface area contributed by atoms with E-state index in [0.717, 1.165) is 5.56 Å². The second-order valence-corrected chi connectivity index (χ2v) is 4.99. The van der Waals surface area contributed by atoms with Gasteiger partial charge in [0.05, 0.1) is 17.8 Å². The fraction of sp³-hybridized carbons (Fsp3) is 0.0667. The molecule has 0 unspecified atom stereocenters. The zero-order valence-electron chi connectivity index (χ0n) is 10.3. The molecule has 0 saturated heterocycles. The molecule has 0 spiro atoms. The first-order valence-electron chi connectivity index (χ1n) is 6.00. The predicted molar refractivity (Wildman–Crippen MR) is 75.1 cm³/mol. The van der Waals surface area contributed by atoms with Gasteiger partial charge in [0.1, 0.15) is 5.75 Å². The minimum atomic E-state index is -0.578. The molecule has 1 aliphatic heterocycles. The van der Waals surface area contributed by atoms with Crippen molar-refractivity contribution in [2.75, 3.05) is 4.90 Å². The Bertz CT molecular complexity index is 727. The topological polar surface area (TPSA) is 57.6 Å². The third-order valence-corrected chi connectivity index (χ3v) is 3.42. The predicted octanol–water partition coefficient (Wildman–Crippen LogP) is 2.78. The number of phenolic OH excluding ortho intramolecular Hbond substituents is 1. The van der Waals surface area contributed by atoms with Crippen LogP contribution in [-0.2, 0) is 11.3 Å². The molecule has 2 aromatic carbocycles. The lowest BCUT2D eigenvalue weighted by molar-refractivity contribution is -0.114. The van der Waals surface area contributed by atoms with E-state index in [-0.39, 0.29) is 12.3 Å². The number of anilines is 1. The van der Waals surface area contributed by atoms with E-state index in [2.05, 4.69) is 0 Å². The second kappa shape index (κ2) is 4.65. The van der Waals surface area contributed by atoms with Crippen molar-refractivity contribution in [3.8, 4) is 5.75 Å². The maximum absolute atomic E-state index is 12.0. The maximum atomic E-state index is 12.0. The first-order chi connectivity index (χ1) is 9.56. The molecule has 5 heteroatoms. The van der Waals surface area contributed by atoms with E-state index in [1.54, 1.807) is 42.5 Å². The number of hydrogen-bond donors (Lipinski definition) is 1. The number of amides is 1. The van der Waals surface area contributed by atoms with E-state index < -0.39 is 11.7 Å². The SMILES string of the molecule is O=C1C(=O)N(Cc2cccc(O)c2)c2cc(Cl)ccc21. The Morgan fingerprint density at radius 2 is 1.90 bits per heavy atom. The minimum absolute atomic E-state index is 0.117. The Hall–Kier alpha value is -2.33. The van der Waals surface area contributed by atoms with Crippen molar-refractivity contribution in [1.29, 1.82) is 0 Å². The normalized spacial score (nSPS) is 13.8. The summed E-state index contributed by atoms with van der Waals surface area (Å²) in [5.41, 5.74) is 1.61. The minimum Gasteiger partial charge on any atom is -0.508 e. The lowest BCUT2D eigenvalue weighted by Gasteiger charge is -2.16. The van der Waals surface area contributed by atoms with Crippen LogP contribution in [0.2, 0.25) is 5.02 Å². The fourth-order valence-electron chi connectivity index (χ4n) is 2.26. The third kappa shape index (κ3) is 2.04. The average molecular weight is 288 g/mol. The van der Waals surface area contributed by atoms with Crippen LogP contribution in [0, 0.1) is 0 Å². The van der Waals surface area contributed by atoms with Gasteiger partial charge in [0, 0.05) is 5.02 Å². The monoisotopic (exact) mass is 287 g/mol. The van der Waals surface area contributed by atoms with Crippen molar-refractivity contribution in [2.24, 2.45) is 0 Å². The van der Waals surface area contributed by atoms with Gasteiger partial charge in [-0.05, 0) is 35.9 Å². The summed E-state index contributed by atoms with van der Waals surface area (Å²) in [6.07, 6.45) is 0. The van der Waals surface area contributed by atoms with Crippen molar-refractivity contribution in [3.63, 3.8) is 0 Å². The number of rotatable bonds is 2. The first kappa shape index (κ1) is 12.7. The second-order valence-electron chi connectivity index (χ2n) is 4.55.